The highest BCUT2D eigenvalue weighted by Crippen LogP contribution is 2.32. The van der Waals surface area contributed by atoms with E-state index >= 15 is 0 Å². The van der Waals surface area contributed by atoms with Crippen molar-refractivity contribution in [2.45, 2.75) is 37.2 Å². The molecule has 10 heteroatoms. The number of carbonyl (C=O) groups is 1. The summed E-state index contributed by atoms with van der Waals surface area (Å²) in [7, 11) is -3.85. The fourth-order valence-corrected chi connectivity index (χ4v) is 5.77. The number of halogens is 2. The van der Waals surface area contributed by atoms with Gasteiger partial charge in [0.1, 0.15) is 4.90 Å². The second-order valence-corrected chi connectivity index (χ2v) is 9.89. The Balaban J connectivity index is 1.86. The first kappa shape index (κ1) is 22.8. The van der Waals surface area contributed by atoms with E-state index in [0.29, 0.717) is 32.9 Å². The Labute approximate surface area is 181 Å². The quantitative estimate of drug-likeness (QED) is 0.646. The SMILES string of the molecule is CCCOC1CCCN(C(=O)c2cc(S(=O)(=O)N3CCOCC3)c(Cl)cc2Cl)C1. The highest BCUT2D eigenvalue weighted by atomic mass is 35.5. The second kappa shape index (κ2) is 9.94. The maximum atomic E-state index is 13.1. The molecule has 1 atom stereocenters. The van der Waals surface area contributed by atoms with Crippen molar-refractivity contribution in [3.63, 3.8) is 0 Å². The van der Waals surface area contributed by atoms with Crippen LogP contribution in [0.1, 0.15) is 36.5 Å². The lowest BCUT2D eigenvalue weighted by molar-refractivity contribution is 0.00211. The molecule has 2 aliphatic rings. The van der Waals surface area contributed by atoms with Gasteiger partial charge in [-0.3, -0.25) is 4.79 Å². The van der Waals surface area contributed by atoms with Crippen LogP contribution >= 0.6 is 23.2 Å². The smallest absolute Gasteiger partial charge is 0.255 e. The van der Waals surface area contributed by atoms with Gasteiger partial charge in [0.05, 0.1) is 34.9 Å². The van der Waals surface area contributed by atoms with Crippen molar-refractivity contribution in [1.82, 2.24) is 9.21 Å². The Morgan fingerprint density at radius 1 is 1.21 bits per heavy atom. The minimum absolute atomic E-state index is 0.000779. The number of benzene rings is 1. The van der Waals surface area contributed by atoms with Crippen molar-refractivity contribution in [3.05, 3.63) is 27.7 Å². The van der Waals surface area contributed by atoms with Gasteiger partial charge in [-0.2, -0.15) is 4.31 Å². The molecule has 1 amide bonds. The highest BCUT2D eigenvalue weighted by Gasteiger charge is 2.32. The van der Waals surface area contributed by atoms with Crippen LogP contribution in [-0.2, 0) is 19.5 Å². The second-order valence-electron chi connectivity index (χ2n) is 7.17. The Bertz CT molecular complexity index is 843. The lowest BCUT2D eigenvalue weighted by atomic mass is 10.1. The summed E-state index contributed by atoms with van der Waals surface area (Å²) < 4.78 is 38.4. The first-order valence-corrected chi connectivity index (χ1v) is 12.0. The van der Waals surface area contributed by atoms with Crippen LogP contribution < -0.4 is 0 Å². The molecule has 0 N–H and O–H groups in total. The summed E-state index contributed by atoms with van der Waals surface area (Å²) in [6.07, 6.45) is 2.62. The molecule has 0 spiro atoms. The molecule has 7 nitrogen and oxygen atoms in total. The van der Waals surface area contributed by atoms with E-state index in [-0.39, 0.29) is 45.6 Å². The van der Waals surface area contributed by atoms with Gasteiger partial charge in [-0.1, -0.05) is 30.1 Å². The number of rotatable bonds is 6. The summed E-state index contributed by atoms with van der Waals surface area (Å²) in [6.45, 7) is 4.86. The molecule has 2 heterocycles. The molecule has 2 aliphatic heterocycles. The van der Waals surface area contributed by atoms with Gasteiger partial charge in [-0.05, 0) is 31.4 Å². The fourth-order valence-electron chi connectivity index (χ4n) is 3.53. The van der Waals surface area contributed by atoms with E-state index < -0.39 is 10.0 Å². The number of piperidine rings is 1. The zero-order chi connectivity index (χ0) is 21.0. The van der Waals surface area contributed by atoms with Crippen molar-refractivity contribution < 1.29 is 22.7 Å². The van der Waals surface area contributed by atoms with Gasteiger partial charge in [0, 0.05) is 32.8 Å². The van der Waals surface area contributed by atoms with E-state index in [1.165, 1.54) is 16.4 Å². The Hall–Kier alpha value is -0.900. The average molecular weight is 465 g/mol. The number of amides is 1. The maximum absolute atomic E-state index is 13.1. The molecule has 162 valence electrons. The number of morpholine rings is 1. The first-order valence-electron chi connectivity index (χ1n) is 9.82. The molecule has 3 rings (SSSR count). The summed E-state index contributed by atoms with van der Waals surface area (Å²) in [6, 6.07) is 2.63. The Morgan fingerprint density at radius 3 is 2.62 bits per heavy atom. The zero-order valence-corrected chi connectivity index (χ0v) is 18.7. The molecule has 29 heavy (non-hydrogen) atoms. The summed E-state index contributed by atoms with van der Waals surface area (Å²) in [5.41, 5.74) is 0.138. The van der Waals surface area contributed by atoms with Crippen LogP contribution in [0.5, 0.6) is 0 Å². The maximum Gasteiger partial charge on any atom is 0.255 e. The lowest BCUT2D eigenvalue weighted by Crippen LogP contribution is -2.43. The predicted molar refractivity (Wildman–Crippen MR) is 111 cm³/mol. The van der Waals surface area contributed by atoms with Gasteiger partial charge in [0.2, 0.25) is 10.0 Å². The minimum atomic E-state index is -3.85. The molecule has 1 aromatic rings. The Morgan fingerprint density at radius 2 is 1.93 bits per heavy atom. The van der Waals surface area contributed by atoms with E-state index in [1.807, 2.05) is 6.92 Å². The molecular weight excluding hydrogens is 439 g/mol. The molecule has 0 radical (unpaired) electrons. The summed E-state index contributed by atoms with van der Waals surface area (Å²) in [5.74, 6) is -0.310. The largest absolute Gasteiger partial charge is 0.379 e. The van der Waals surface area contributed by atoms with Crippen molar-refractivity contribution in [1.29, 1.82) is 0 Å². The molecule has 1 unspecified atom stereocenters. The number of sulfonamides is 1. The summed E-state index contributed by atoms with van der Waals surface area (Å²) in [4.78, 5) is 14.7. The van der Waals surface area contributed by atoms with Crippen LogP contribution in [0, 0.1) is 0 Å². The van der Waals surface area contributed by atoms with Gasteiger partial charge in [0.25, 0.3) is 5.91 Å². The number of hydrogen-bond acceptors (Lipinski definition) is 5. The van der Waals surface area contributed by atoms with Crippen LogP contribution in [0.25, 0.3) is 0 Å². The van der Waals surface area contributed by atoms with Crippen LogP contribution in [0.15, 0.2) is 17.0 Å². The highest BCUT2D eigenvalue weighted by molar-refractivity contribution is 7.89. The van der Waals surface area contributed by atoms with Crippen molar-refractivity contribution in [2.75, 3.05) is 46.0 Å². The molecule has 0 bridgehead atoms. The van der Waals surface area contributed by atoms with Crippen LogP contribution in [0.3, 0.4) is 0 Å². The third-order valence-electron chi connectivity index (χ3n) is 5.06. The number of likely N-dealkylation sites (tertiary alicyclic amines) is 1. The van der Waals surface area contributed by atoms with E-state index in [9.17, 15) is 13.2 Å². The number of hydrogen-bond donors (Lipinski definition) is 0. The molecule has 2 saturated heterocycles. The van der Waals surface area contributed by atoms with Crippen LogP contribution in [-0.4, -0.2) is 75.6 Å². The van der Waals surface area contributed by atoms with Crippen LogP contribution in [0.4, 0.5) is 0 Å². The van der Waals surface area contributed by atoms with Gasteiger partial charge < -0.3 is 14.4 Å². The zero-order valence-electron chi connectivity index (χ0n) is 16.4. The van der Waals surface area contributed by atoms with Crippen molar-refractivity contribution in [2.24, 2.45) is 0 Å². The van der Waals surface area contributed by atoms with Gasteiger partial charge >= 0.3 is 0 Å². The first-order chi connectivity index (χ1) is 13.8. The molecular formula is C19H26Cl2N2O5S. The van der Waals surface area contributed by atoms with E-state index in [0.717, 1.165) is 19.3 Å². The molecule has 0 aliphatic carbocycles. The normalized spacial score (nSPS) is 21.3. The van der Waals surface area contributed by atoms with E-state index in [2.05, 4.69) is 0 Å². The molecule has 2 fully saturated rings. The van der Waals surface area contributed by atoms with E-state index in [4.69, 9.17) is 32.7 Å². The molecule has 1 aromatic carbocycles. The van der Waals surface area contributed by atoms with Gasteiger partial charge in [-0.25, -0.2) is 8.42 Å². The van der Waals surface area contributed by atoms with Crippen molar-refractivity contribution >= 4 is 39.1 Å². The topological polar surface area (TPSA) is 76.2 Å². The van der Waals surface area contributed by atoms with Gasteiger partial charge in [-0.15, -0.1) is 0 Å². The summed E-state index contributed by atoms with van der Waals surface area (Å²) >= 11 is 12.5. The average Bonchev–Trinajstić information content (AvgIpc) is 2.72. The monoisotopic (exact) mass is 464 g/mol. The third-order valence-corrected chi connectivity index (χ3v) is 7.74. The number of carbonyl (C=O) groups excluding carboxylic acids is 1. The number of nitrogens with zero attached hydrogens (tertiary/aromatic N) is 2. The van der Waals surface area contributed by atoms with Gasteiger partial charge in [0.15, 0.2) is 0 Å². The molecule has 0 saturated carbocycles. The predicted octanol–water partition coefficient (Wildman–Crippen LogP) is 3.05. The van der Waals surface area contributed by atoms with Crippen molar-refractivity contribution in [3.8, 4) is 0 Å². The van der Waals surface area contributed by atoms with E-state index in [1.54, 1.807) is 4.90 Å². The number of ether oxygens (including phenoxy) is 2. The molecule has 0 aromatic heterocycles. The minimum Gasteiger partial charge on any atom is -0.379 e. The Kier molecular flexibility index (Phi) is 7.81. The third kappa shape index (κ3) is 5.24. The fraction of sp³-hybridized carbons (Fsp3) is 0.632. The standard InChI is InChI=1S/C19H26Cl2N2O5S/c1-2-8-28-14-4-3-5-22(13-14)19(24)15-11-18(17(21)12-16(15)20)29(25,26)23-6-9-27-10-7-23/h11-12,14H,2-10,13H2,1H3. The lowest BCUT2D eigenvalue weighted by Gasteiger charge is -2.33. The summed E-state index contributed by atoms with van der Waals surface area (Å²) in [5, 5.41) is 0.137. The van der Waals surface area contributed by atoms with Crippen LogP contribution in [0.2, 0.25) is 10.0 Å².